The van der Waals surface area contributed by atoms with Gasteiger partial charge in [-0.2, -0.15) is 0 Å². The van der Waals surface area contributed by atoms with Crippen molar-refractivity contribution in [2.75, 3.05) is 6.61 Å². The van der Waals surface area contributed by atoms with Crippen LogP contribution in [0.25, 0.3) is 0 Å². The summed E-state index contributed by atoms with van der Waals surface area (Å²) in [5.41, 5.74) is 0. The van der Waals surface area contributed by atoms with Crippen molar-refractivity contribution < 1.29 is 14.3 Å². The Morgan fingerprint density at radius 3 is 1.92 bits per heavy atom. The molecule has 0 radical (unpaired) electrons. The lowest BCUT2D eigenvalue weighted by atomic mass is 10.1. The summed E-state index contributed by atoms with van der Waals surface area (Å²) < 4.78 is 5.30. The Balaban J connectivity index is 1.90. The minimum Gasteiger partial charge on any atom is -0.464 e. The van der Waals surface area contributed by atoms with Crippen molar-refractivity contribution in [1.29, 1.82) is 0 Å². The number of unbranched alkanes of at least 4 members (excludes halogenated alkanes) is 10. The zero-order chi connectivity index (χ0) is 19.0. The van der Waals surface area contributed by atoms with Gasteiger partial charge in [-0.1, -0.05) is 84.0 Å². The molecule has 0 heterocycles. The summed E-state index contributed by atoms with van der Waals surface area (Å²) in [5.74, 6) is -0.193. The molecule has 0 saturated heterocycles. The lowest BCUT2D eigenvalue weighted by molar-refractivity contribution is -0.147. The van der Waals surface area contributed by atoms with Gasteiger partial charge in [0.1, 0.15) is 6.04 Å². The second kappa shape index (κ2) is 15.0. The summed E-state index contributed by atoms with van der Waals surface area (Å²) in [5, 5.41) is 2.80. The van der Waals surface area contributed by atoms with Crippen LogP contribution < -0.4 is 5.32 Å². The summed E-state index contributed by atoms with van der Waals surface area (Å²) in [4.78, 5) is 24.0. The topological polar surface area (TPSA) is 55.4 Å². The quantitative estimate of drug-likeness (QED) is 0.305. The van der Waals surface area contributed by atoms with Gasteiger partial charge in [0.2, 0.25) is 5.91 Å². The Morgan fingerprint density at radius 1 is 0.885 bits per heavy atom. The number of rotatable bonds is 15. The zero-order valence-electron chi connectivity index (χ0n) is 17.2. The van der Waals surface area contributed by atoms with Gasteiger partial charge in [-0.15, -0.1) is 0 Å². The predicted octanol–water partition coefficient (Wildman–Crippen LogP) is 5.54. The molecule has 0 spiro atoms. The third-order valence-electron chi connectivity index (χ3n) is 5.43. The predicted molar refractivity (Wildman–Crippen MR) is 107 cm³/mol. The van der Waals surface area contributed by atoms with Crippen molar-refractivity contribution in [2.24, 2.45) is 5.92 Å². The monoisotopic (exact) mass is 367 g/mol. The van der Waals surface area contributed by atoms with Crippen LogP contribution in [0.4, 0.5) is 0 Å². The molecule has 4 nitrogen and oxygen atoms in total. The standard InChI is InChI=1S/C22H41NO3/c1-3-4-5-6-7-8-9-10-11-12-15-18-26-22(25)19(2)23-21(24)20-16-13-14-17-20/h19-20H,3-18H2,1-2H3,(H,23,24)/t19-/m0/s1. The van der Waals surface area contributed by atoms with Gasteiger partial charge < -0.3 is 10.1 Å². The molecule has 0 aromatic rings. The van der Waals surface area contributed by atoms with Gasteiger partial charge in [0, 0.05) is 5.92 Å². The van der Waals surface area contributed by atoms with E-state index in [4.69, 9.17) is 4.74 Å². The summed E-state index contributed by atoms with van der Waals surface area (Å²) in [7, 11) is 0. The van der Waals surface area contributed by atoms with E-state index in [2.05, 4.69) is 12.2 Å². The van der Waals surface area contributed by atoms with Crippen molar-refractivity contribution >= 4 is 11.9 Å². The van der Waals surface area contributed by atoms with Gasteiger partial charge in [-0.05, 0) is 26.2 Å². The van der Waals surface area contributed by atoms with Gasteiger partial charge in [0.15, 0.2) is 0 Å². The number of amides is 1. The minimum absolute atomic E-state index is 0.0154. The zero-order valence-corrected chi connectivity index (χ0v) is 17.2. The molecule has 1 amide bonds. The van der Waals surface area contributed by atoms with Crippen LogP contribution in [0.15, 0.2) is 0 Å². The van der Waals surface area contributed by atoms with Crippen LogP contribution in [0.3, 0.4) is 0 Å². The molecule has 0 aliphatic heterocycles. The molecule has 1 fully saturated rings. The number of esters is 1. The molecule has 1 atom stereocenters. The molecule has 4 heteroatoms. The molecule has 26 heavy (non-hydrogen) atoms. The Kier molecular flexibility index (Phi) is 13.3. The summed E-state index contributed by atoms with van der Waals surface area (Å²) >= 11 is 0. The fraction of sp³-hybridized carbons (Fsp3) is 0.909. The number of hydrogen-bond acceptors (Lipinski definition) is 3. The average Bonchev–Trinajstić information content (AvgIpc) is 3.17. The van der Waals surface area contributed by atoms with E-state index in [9.17, 15) is 9.59 Å². The van der Waals surface area contributed by atoms with E-state index in [-0.39, 0.29) is 17.8 Å². The van der Waals surface area contributed by atoms with Crippen LogP contribution in [-0.2, 0) is 14.3 Å². The van der Waals surface area contributed by atoms with Crippen molar-refractivity contribution in [3.05, 3.63) is 0 Å². The molecule has 0 aromatic carbocycles. The molecule has 1 aliphatic carbocycles. The number of hydrogen-bond donors (Lipinski definition) is 1. The highest BCUT2D eigenvalue weighted by atomic mass is 16.5. The van der Waals surface area contributed by atoms with Gasteiger partial charge in [0.05, 0.1) is 6.61 Å². The number of carbonyl (C=O) groups excluding carboxylic acids is 2. The summed E-state index contributed by atoms with van der Waals surface area (Å²) in [6, 6.07) is -0.532. The SMILES string of the molecule is CCCCCCCCCCCCCOC(=O)[C@H](C)NC(=O)C1CCCC1. The van der Waals surface area contributed by atoms with Gasteiger partial charge in [0.25, 0.3) is 0 Å². The van der Waals surface area contributed by atoms with Crippen LogP contribution in [0.1, 0.15) is 110 Å². The van der Waals surface area contributed by atoms with Crippen molar-refractivity contribution in [3.63, 3.8) is 0 Å². The molecule has 0 unspecified atom stereocenters. The van der Waals surface area contributed by atoms with E-state index in [0.717, 1.165) is 38.5 Å². The van der Waals surface area contributed by atoms with Gasteiger partial charge >= 0.3 is 5.97 Å². The van der Waals surface area contributed by atoms with Crippen molar-refractivity contribution in [3.8, 4) is 0 Å². The Bertz CT molecular complexity index is 378. The fourth-order valence-electron chi connectivity index (χ4n) is 3.64. The lowest BCUT2D eigenvalue weighted by Gasteiger charge is -2.16. The lowest BCUT2D eigenvalue weighted by Crippen LogP contribution is -2.42. The molecule has 1 aliphatic rings. The second-order valence-corrected chi connectivity index (χ2v) is 7.91. The van der Waals surface area contributed by atoms with Crippen molar-refractivity contribution in [2.45, 2.75) is 116 Å². The van der Waals surface area contributed by atoms with E-state index in [1.54, 1.807) is 6.92 Å². The smallest absolute Gasteiger partial charge is 0.328 e. The van der Waals surface area contributed by atoms with Crippen molar-refractivity contribution in [1.82, 2.24) is 5.32 Å². The second-order valence-electron chi connectivity index (χ2n) is 7.91. The van der Waals surface area contributed by atoms with E-state index in [0.29, 0.717) is 6.61 Å². The number of nitrogens with one attached hydrogen (secondary N) is 1. The van der Waals surface area contributed by atoms with Crippen LogP contribution in [0, 0.1) is 5.92 Å². The van der Waals surface area contributed by atoms with E-state index >= 15 is 0 Å². The molecule has 0 bridgehead atoms. The van der Waals surface area contributed by atoms with Crippen LogP contribution in [-0.4, -0.2) is 24.5 Å². The minimum atomic E-state index is -0.532. The molecule has 1 saturated carbocycles. The maximum absolute atomic E-state index is 12.0. The molecular formula is C22H41NO3. The maximum atomic E-state index is 12.0. The molecule has 152 valence electrons. The normalized spacial score (nSPS) is 15.8. The molecule has 1 rings (SSSR count). The Labute approximate surface area is 160 Å². The third kappa shape index (κ3) is 10.8. The van der Waals surface area contributed by atoms with E-state index in [1.165, 1.54) is 57.8 Å². The Morgan fingerprint density at radius 2 is 1.38 bits per heavy atom. The maximum Gasteiger partial charge on any atom is 0.328 e. The highest BCUT2D eigenvalue weighted by Gasteiger charge is 2.25. The highest BCUT2D eigenvalue weighted by molar-refractivity contribution is 5.85. The number of carbonyl (C=O) groups is 2. The molecular weight excluding hydrogens is 326 g/mol. The van der Waals surface area contributed by atoms with E-state index in [1.807, 2.05) is 0 Å². The molecule has 1 N–H and O–H groups in total. The van der Waals surface area contributed by atoms with Gasteiger partial charge in [-0.25, -0.2) is 4.79 Å². The first-order chi connectivity index (χ1) is 12.6. The third-order valence-corrected chi connectivity index (χ3v) is 5.43. The first kappa shape index (κ1) is 23.0. The molecule has 0 aromatic heterocycles. The van der Waals surface area contributed by atoms with Crippen LogP contribution in [0.5, 0.6) is 0 Å². The average molecular weight is 368 g/mol. The van der Waals surface area contributed by atoms with Gasteiger partial charge in [-0.3, -0.25) is 4.79 Å². The summed E-state index contributed by atoms with van der Waals surface area (Å²) in [6.45, 7) is 4.44. The Hall–Kier alpha value is -1.06. The summed E-state index contributed by atoms with van der Waals surface area (Å²) in [6.07, 6.45) is 18.2. The largest absolute Gasteiger partial charge is 0.464 e. The highest BCUT2D eigenvalue weighted by Crippen LogP contribution is 2.24. The number of ether oxygens (including phenoxy) is 1. The first-order valence-corrected chi connectivity index (χ1v) is 11.1. The van der Waals surface area contributed by atoms with Crippen LogP contribution in [0.2, 0.25) is 0 Å². The van der Waals surface area contributed by atoms with Crippen LogP contribution >= 0.6 is 0 Å². The van der Waals surface area contributed by atoms with E-state index < -0.39 is 6.04 Å². The first-order valence-electron chi connectivity index (χ1n) is 11.1. The fourth-order valence-corrected chi connectivity index (χ4v) is 3.64.